The van der Waals surface area contributed by atoms with Gasteiger partial charge >= 0.3 is 0 Å². The van der Waals surface area contributed by atoms with Gasteiger partial charge in [-0.1, -0.05) is 36.4 Å². The Morgan fingerprint density at radius 3 is 1.46 bits per heavy atom. The Balaban J connectivity index is 2.35. The molecule has 0 spiro atoms. The molecule has 0 amide bonds. The number of benzene rings is 2. The average molecular weight is 421 g/mol. The van der Waals surface area contributed by atoms with Crippen LogP contribution in [0, 0.1) is 22.9 Å². The van der Waals surface area contributed by atoms with Gasteiger partial charge in [-0.2, -0.15) is 0 Å². The third-order valence-corrected chi connectivity index (χ3v) is 8.02. The molecule has 0 bridgehead atoms. The number of fused-ring (bicyclic) bond motifs is 2. The Morgan fingerprint density at radius 2 is 1.12 bits per heavy atom. The van der Waals surface area contributed by atoms with Crippen LogP contribution in [-0.2, 0) is 0 Å². The molecule has 0 fully saturated rings. The Bertz CT molecular complexity index is 1320. The second kappa shape index (κ2) is 5.89. The molecule has 2 nitrogen and oxygen atoms in total. The highest BCUT2D eigenvalue weighted by Crippen LogP contribution is 2.40. The molecule has 0 aliphatic heterocycles. The van der Waals surface area contributed by atoms with Crippen molar-refractivity contribution in [2.24, 2.45) is 0 Å². The third-order valence-electron chi connectivity index (χ3n) is 4.56. The summed E-state index contributed by atoms with van der Waals surface area (Å²) in [5.41, 5.74) is 1.92. The molecule has 2 aromatic heterocycles. The zero-order valence-electron chi connectivity index (χ0n) is 14.0. The molecule has 0 saturated heterocycles. The standard InChI is InChI=1S/C20H14Cl2O2S2/c1-7-5-11(21)9(3)13-15(23)19(25-17(7)13)20-16(24)14-10(4)12(22)6-8(2)18(14)26-20/h5-6,23-24H,3-4H2,1-2H3/b20-19+. The molecule has 0 unspecified atom stereocenters. The summed E-state index contributed by atoms with van der Waals surface area (Å²) in [7, 11) is 0. The minimum Gasteiger partial charge on any atom is -0.506 e. The first-order valence-electron chi connectivity index (χ1n) is 7.75. The molecule has 26 heavy (non-hydrogen) atoms. The summed E-state index contributed by atoms with van der Waals surface area (Å²) >= 11 is 15.3. The summed E-state index contributed by atoms with van der Waals surface area (Å²) in [4.78, 5) is 0. The summed E-state index contributed by atoms with van der Waals surface area (Å²) in [6.07, 6.45) is 0. The zero-order valence-corrected chi connectivity index (χ0v) is 17.2. The number of rotatable bonds is 0. The highest BCUT2D eigenvalue weighted by atomic mass is 35.5. The van der Waals surface area contributed by atoms with Crippen LogP contribution in [0.25, 0.3) is 33.3 Å². The van der Waals surface area contributed by atoms with E-state index in [2.05, 4.69) is 13.2 Å². The molecule has 132 valence electrons. The van der Waals surface area contributed by atoms with Gasteiger partial charge in [-0.3, -0.25) is 0 Å². The highest BCUT2D eigenvalue weighted by Gasteiger charge is 2.17. The van der Waals surface area contributed by atoms with E-state index in [1.807, 2.05) is 26.0 Å². The minimum absolute atomic E-state index is 0.0943. The van der Waals surface area contributed by atoms with Crippen molar-refractivity contribution in [1.29, 1.82) is 0 Å². The monoisotopic (exact) mass is 420 g/mol. The van der Waals surface area contributed by atoms with Crippen LogP contribution in [0.2, 0.25) is 10.0 Å². The van der Waals surface area contributed by atoms with Gasteiger partial charge in [0.2, 0.25) is 0 Å². The molecule has 2 heterocycles. The fourth-order valence-electron chi connectivity index (χ4n) is 3.19. The molecule has 0 saturated carbocycles. The number of aromatic hydroxyl groups is 2. The molecule has 6 heteroatoms. The van der Waals surface area contributed by atoms with E-state index in [9.17, 15) is 10.2 Å². The largest absolute Gasteiger partial charge is 0.506 e. The van der Waals surface area contributed by atoms with Crippen LogP contribution in [0.5, 0.6) is 11.5 Å². The summed E-state index contributed by atoms with van der Waals surface area (Å²) in [6, 6.07) is 3.68. The molecule has 0 aliphatic carbocycles. The maximum Gasteiger partial charge on any atom is 0.143 e. The van der Waals surface area contributed by atoms with E-state index in [0.29, 0.717) is 40.3 Å². The van der Waals surface area contributed by atoms with Crippen molar-refractivity contribution in [2.45, 2.75) is 13.8 Å². The lowest BCUT2D eigenvalue weighted by atomic mass is 10.1. The number of hydrogen-bond donors (Lipinski definition) is 2. The van der Waals surface area contributed by atoms with Gasteiger partial charge in [0.15, 0.2) is 0 Å². The van der Waals surface area contributed by atoms with Crippen LogP contribution in [0.4, 0.5) is 0 Å². The molecule has 4 rings (SSSR count). The lowest BCUT2D eigenvalue weighted by molar-refractivity contribution is 0.472. The SMILES string of the molecule is C=c1c(Cl)cc(C)c2s/c(=c3/sc4c(C)cc(Cl)c(=C)c4c3O)c(O)c12. The second-order valence-corrected chi connectivity index (χ2v) is 9.13. The maximum absolute atomic E-state index is 10.9. The second-order valence-electron chi connectivity index (χ2n) is 6.28. The Hall–Kier alpha value is -1.72. The Morgan fingerprint density at radius 1 is 0.769 bits per heavy atom. The smallest absolute Gasteiger partial charge is 0.143 e. The number of thiophene rings is 2. The van der Waals surface area contributed by atoms with Crippen LogP contribution < -0.4 is 10.4 Å². The first-order chi connectivity index (χ1) is 12.2. The summed E-state index contributed by atoms with van der Waals surface area (Å²) in [5.74, 6) is 0.189. The van der Waals surface area contributed by atoms with E-state index in [-0.39, 0.29) is 11.5 Å². The summed E-state index contributed by atoms with van der Waals surface area (Å²) < 4.78 is 3.02. The van der Waals surface area contributed by atoms with Crippen molar-refractivity contribution in [3.05, 3.63) is 52.8 Å². The van der Waals surface area contributed by atoms with E-state index >= 15 is 0 Å². The van der Waals surface area contributed by atoms with Crippen LogP contribution in [0.15, 0.2) is 12.1 Å². The molecule has 2 aromatic carbocycles. The molecular formula is C20H14Cl2O2S2. The van der Waals surface area contributed by atoms with Gasteiger partial charge in [-0.25, -0.2) is 0 Å². The van der Waals surface area contributed by atoms with Gasteiger partial charge in [-0.15, -0.1) is 22.7 Å². The van der Waals surface area contributed by atoms with Crippen molar-refractivity contribution in [3.8, 4) is 11.5 Å². The van der Waals surface area contributed by atoms with Gasteiger partial charge in [-0.05, 0) is 47.5 Å². The first kappa shape index (κ1) is 17.7. The fourth-order valence-corrected chi connectivity index (χ4v) is 6.23. The maximum atomic E-state index is 10.9. The Labute approximate surface area is 167 Å². The van der Waals surface area contributed by atoms with Gasteiger partial charge in [0.1, 0.15) is 11.5 Å². The first-order valence-corrected chi connectivity index (χ1v) is 10.1. The molecule has 0 atom stereocenters. The highest BCUT2D eigenvalue weighted by molar-refractivity contribution is 7.21. The summed E-state index contributed by atoms with van der Waals surface area (Å²) in [5, 5.41) is 25.2. The number of halogens is 2. The lowest BCUT2D eigenvalue weighted by Crippen LogP contribution is -2.00. The third kappa shape index (κ3) is 2.30. The minimum atomic E-state index is 0.0943. The van der Waals surface area contributed by atoms with Crippen LogP contribution in [0.1, 0.15) is 11.1 Å². The predicted molar refractivity (Wildman–Crippen MR) is 114 cm³/mol. The van der Waals surface area contributed by atoms with E-state index in [1.54, 1.807) is 0 Å². The van der Waals surface area contributed by atoms with Crippen LogP contribution in [0.3, 0.4) is 0 Å². The van der Waals surface area contributed by atoms with Crippen molar-refractivity contribution in [2.75, 3.05) is 0 Å². The fraction of sp³-hybridized carbons (Fsp3) is 0.100. The molecule has 0 aliphatic rings. The molecular weight excluding hydrogens is 407 g/mol. The van der Waals surface area contributed by atoms with E-state index < -0.39 is 0 Å². The summed E-state index contributed by atoms with van der Waals surface area (Å²) in [6.45, 7) is 11.9. The van der Waals surface area contributed by atoms with Gasteiger partial charge in [0, 0.05) is 30.2 Å². The predicted octanol–water partition coefficient (Wildman–Crippen LogP) is 5.56. The molecule has 0 radical (unpaired) electrons. The van der Waals surface area contributed by atoms with Crippen molar-refractivity contribution in [3.63, 3.8) is 0 Å². The quantitative estimate of drug-likeness (QED) is 0.390. The van der Waals surface area contributed by atoms with Gasteiger partial charge < -0.3 is 10.2 Å². The van der Waals surface area contributed by atoms with Crippen molar-refractivity contribution in [1.82, 2.24) is 0 Å². The van der Waals surface area contributed by atoms with Crippen molar-refractivity contribution >= 4 is 79.2 Å². The average Bonchev–Trinajstić information content (AvgIpc) is 3.09. The Kier molecular flexibility index (Phi) is 4.01. The number of hydrogen-bond acceptors (Lipinski definition) is 4. The normalized spacial score (nSPS) is 13.1. The number of aryl methyl sites for hydroxylation is 2. The lowest BCUT2D eigenvalue weighted by Gasteiger charge is -1.99. The van der Waals surface area contributed by atoms with E-state index in [0.717, 1.165) is 20.5 Å². The molecule has 2 N–H and O–H groups in total. The van der Waals surface area contributed by atoms with Gasteiger partial charge in [0.05, 0.1) is 9.06 Å². The van der Waals surface area contributed by atoms with Crippen LogP contribution >= 0.6 is 45.9 Å². The zero-order chi connectivity index (χ0) is 18.9. The van der Waals surface area contributed by atoms with Crippen LogP contribution in [-0.4, -0.2) is 10.2 Å². The van der Waals surface area contributed by atoms with E-state index in [4.69, 9.17) is 23.2 Å². The topological polar surface area (TPSA) is 40.5 Å². The van der Waals surface area contributed by atoms with Crippen molar-refractivity contribution < 1.29 is 10.2 Å². The van der Waals surface area contributed by atoms with E-state index in [1.165, 1.54) is 22.7 Å². The van der Waals surface area contributed by atoms with Gasteiger partial charge in [0.25, 0.3) is 0 Å². The molecule has 4 aromatic rings.